The summed E-state index contributed by atoms with van der Waals surface area (Å²) in [6, 6.07) is 11.3. The number of nitrogens with zero attached hydrogens (tertiary/aromatic N) is 1. The number of carbonyl (C=O) groups excluding carboxylic acids is 2. The fourth-order valence-corrected chi connectivity index (χ4v) is 3.23. The molecule has 0 spiro atoms. The second-order valence-electron chi connectivity index (χ2n) is 7.18. The van der Waals surface area contributed by atoms with Crippen LogP contribution in [0.25, 0.3) is 0 Å². The van der Waals surface area contributed by atoms with E-state index in [-0.39, 0.29) is 17.7 Å². The molecular formula is C21H25NO3. The van der Waals surface area contributed by atoms with Gasteiger partial charge in [0.1, 0.15) is 0 Å². The lowest BCUT2D eigenvalue weighted by Gasteiger charge is -2.11. The first kappa shape index (κ1) is 17.5. The van der Waals surface area contributed by atoms with Gasteiger partial charge < -0.3 is 9.30 Å². The van der Waals surface area contributed by atoms with Crippen LogP contribution < -0.4 is 0 Å². The Balaban J connectivity index is 1.74. The molecule has 1 aliphatic rings. The van der Waals surface area contributed by atoms with Gasteiger partial charge in [0.05, 0.1) is 18.2 Å². The van der Waals surface area contributed by atoms with Gasteiger partial charge in [-0.3, -0.25) is 9.59 Å². The summed E-state index contributed by atoms with van der Waals surface area (Å²) in [4.78, 5) is 25.1. The number of aryl methyl sites for hydroxylation is 1. The Morgan fingerprint density at radius 3 is 2.56 bits per heavy atom. The molecule has 3 rings (SSSR count). The number of hydrogen-bond acceptors (Lipinski definition) is 3. The third-order valence-electron chi connectivity index (χ3n) is 4.78. The number of ketones is 1. The van der Waals surface area contributed by atoms with E-state index in [9.17, 15) is 9.59 Å². The number of ether oxygens (including phenoxy) is 1. The van der Waals surface area contributed by atoms with Crippen LogP contribution in [0.4, 0.5) is 0 Å². The van der Waals surface area contributed by atoms with Crippen molar-refractivity contribution in [1.29, 1.82) is 0 Å². The third kappa shape index (κ3) is 3.68. The molecule has 2 heterocycles. The molecular weight excluding hydrogens is 314 g/mol. The molecule has 1 atom stereocenters. The van der Waals surface area contributed by atoms with E-state index in [2.05, 4.69) is 13.8 Å². The number of aromatic nitrogens is 1. The zero-order chi connectivity index (χ0) is 18.0. The Labute approximate surface area is 148 Å². The minimum atomic E-state index is -0.258. The number of benzene rings is 1. The van der Waals surface area contributed by atoms with Gasteiger partial charge in [-0.2, -0.15) is 0 Å². The standard InChI is InChI=1S/C21H25NO3/c1-14(2)11-13-25-21(24)17-10-12-22-18(17)8-9-19(22)20(23)16-6-4-15(3)5-7-16/h4-9,14,17H,10-13H2,1-3H3. The molecule has 1 unspecified atom stereocenters. The van der Waals surface area contributed by atoms with E-state index < -0.39 is 0 Å². The molecule has 2 aromatic rings. The zero-order valence-corrected chi connectivity index (χ0v) is 15.1. The van der Waals surface area contributed by atoms with Crippen LogP contribution in [0, 0.1) is 12.8 Å². The first-order chi connectivity index (χ1) is 12.0. The van der Waals surface area contributed by atoms with E-state index in [1.807, 2.05) is 47.9 Å². The van der Waals surface area contributed by atoms with E-state index in [1.165, 1.54) is 0 Å². The van der Waals surface area contributed by atoms with Gasteiger partial charge in [-0.1, -0.05) is 43.7 Å². The van der Waals surface area contributed by atoms with Crippen LogP contribution in [0.15, 0.2) is 36.4 Å². The van der Waals surface area contributed by atoms with Gasteiger partial charge in [0.2, 0.25) is 5.78 Å². The van der Waals surface area contributed by atoms with Crippen LogP contribution in [0.3, 0.4) is 0 Å². The summed E-state index contributed by atoms with van der Waals surface area (Å²) < 4.78 is 7.39. The summed E-state index contributed by atoms with van der Waals surface area (Å²) in [5.74, 6) is 0.0811. The summed E-state index contributed by atoms with van der Waals surface area (Å²) in [6.45, 7) is 7.36. The molecule has 4 heteroatoms. The summed E-state index contributed by atoms with van der Waals surface area (Å²) in [7, 11) is 0. The Kier molecular flexibility index (Phi) is 5.07. The average Bonchev–Trinajstić information content (AvgIpc) is 3.16. The molecule has 1 aromatic carbocycles. The van der Waals surface area contributed by atoms with Gasteiger partial charge in [0, 0.05) is 17.8 Å². The van der Waals surface area contributed by atoms with E-state index in [0.29, 0.717) is 36.7 Å². The van der Waals surface area contributed by atoms with Crippen molar-refractivity contribution < 1.29 is 14.3 Å². The van der Waals surface area contributed by atoms with Crippen molar-refractivity contribution in [3.63, 3.8) is 0 Å². The first-order valence-electron chi connectivity index (χ1n) is 8.95. The molecule has 0 radical (unpaired) electrons. The van der Waals surface area contributed by atoms with E-state index in [1.54, 1.807) is 0 Å². The van der Waals surface area contributed by atoms with Crippen molar-refractivity contribution in [3.05, 3.63) is 58.9 Å². The average molecular weight is 339 g/mol. The molecule has 1 aromatic heterocycles. The molecule has 0 saturated heterocycles. The van der Waals surface area contributed by atoms with Crippen molar-refractivity contribution in [1.82, 2.24) is 4.57 Å². The quantitative estimate of drug-likeness (QED) is 0.588. The minimum absolute atomic E-state index is 0.0000696. The second-order valence-corrected chi connectivity index (χ2v) is 7.18. The predicted octanol–water partition coefficient (Wildman–Crippen LogP) is 4.10. The van der Waals surface area contributed by atoms with Crippen molar-refractivity contribution in [2.24, 2.45) is 5.92 Å². The molecule has 0 amide bonds. The minimum Gasteiger partial charge on any atom is -0.465 e. The Morgan fingerprint density at radius 2 is 1.88 bits per heavy atom. The number of fused-ring (bicyclic) bond motifs is 1. The van der Waals surface area contributed by atoms with Gasteiger partial charge in [0.15, 0.2) is 0 Å². The monoisotopic (exact) mass is 339 g/mol. The molecule has 0 bridgehead atoms. The van der Waals surface area contributed by atoms with Gasteiger partial charge in [-0.05, 0) is 37.8 Å². The highest BCUT2D eigenvalue weighted by molar-refractivity contribution is 6.08. The summed E-state index contributed by atoms with van der Waals surface area (Å²) in [5.41, 5.74) is 3.34. The Bertz CT molecular complexity index is 771. The Hall–Kier alpha value is -2.36. The molecule has 132 valence electrons. The maximum atomic E-state index is 12.8. The van der Waals surface area contributed by atoms with E-state index in [0.717, 1.165) is 17.7 Å². The number of esters is 1. The van der Waals surface area contributed by atoms with Crippen molar-refractivity contribution in [2.45, 2.75) is 46.1 Å². The highest BCUT2D eigenvalue weighted by Crippen LogP contribution is 2.32. The van der Waals surface area contributed by atoms with Gasteiger partial charge in [0.25, 0.3) is 0 Å². The number of hydrogen-bond donors (Lipinski definition) is 0. The largest absolute Gasteiger partial charge is 0.465 e. The van der Waals surface area contributed by atoms with Gasteiger partial charge in [-0.15, -0.1) is 0 Å². The summed E-state index contributed by atoms with van der Waals surface area (Å²) >= 11 is 0. The lowest BCUT2D eigenvalue weighted by Crippen LogP contribution is -2.15. The van der Waals surface area contributed by atoms with Gasteiger partial charge >= 0.3 is 5.97 Å². The smallest absolute Gasteiger partial charge is 0.315 e. The van der Waals surface area contributed by atoms with Crippen LogP contribution >= 0.6 is 0 Å². The number of carbonyl (C=O) groups is 2. The SMILES string of the molecule is Cc1ccc(C(=O)c2ccc3n2CCC3C(=O)OCCC(C)C)cc1. The van der Waals surface area contributed by atoms with E-state index >= 15 is 0 Å². The molecule has 0 fully saturated rings. The fourth-order valence-electron chi connectivity index (χ4n) is 3.23. The van der Waals surface area contributed by atoms with Crippen LogP contribution in [0.2, 0.25) is 0 Å². The normalized spacial score (nSPS) is 16.1. The lowest BCUT2D eigenvalue weighted by atomic mass is 10.0. The first-order valence-corrected chi connectivity index (χ1v) is 8.95. The lowest BCUT2D eigenvalue weighted by molar-refractivity contribution is -0.145. The highest BCUT2D eigenvalue weighted by atomic mass is 16.5. The maximum absolute atomic E-state index is 12.8. The van der Waals surface area contributed by atoms with Gasteiger partial charge in [-0.25, -0.2) is 0 Å². The number of rotatable bonds is 6. The predicted molar refractivity (Wildman–Crippen MR) is 96.8 cm³/mol. The molecule has 25 heavy (non-hydrogen) atoms. The zero-order valence-electron chi connectivity index (χ0n) is 15.1. The second kappa shape index (κ2) is 7.26. The fraction of sp³-hybridized carbons (Fsp3) is 0.429. The van der Waals surface area contributed by atoms with Crippen LogP contribution in [-0.4, -0.2) is 22.9 Å². The van der Waals surface area contributed by atoms with E-state index in [4.69, 9.17) is 4.74 Å². The topological polar surface area (TPSA) is 48.3 Å². The Morgan fingerprint density at radius 1 is 1.16 bits per heavy atom. The maximum Gasteiger partial charge on any atom is 0.315 e. The van der Waals surface area contributed by atoms with Crippen molar-refractivity contribution in [2.75, 3.05) is 6.61 Å². The molecule has 0 N–H and O–H groups in total. The summed E-state index contributed by atoms with van der Waals surface area (Å²) in [6.07, 6.45) is 1.57. The van der Waals surface area contributed by atoms with Crippen molar-refractivity contribution >= 4 is 11.8 Å². The van der Waals surface area contributed by atoms with Crippen LogP contribution in [0.5, 0.6) is 0 Å². The summed E-state index contributed by atoms with van der Waals surface area (Å²) in [5, 5.41) is 0. The molecule has 0 saturated carbocycles. The highest BCUT2D eigenvalue weighted by Gasteiger charge is 2.32. The van der Waals surface area contributed by atoms with Crippen LogP contribution in [0.1, 0.15) is 59.9 Å². The third-order valence-corrected chi connectivity index (χ3v) is 4.78. The molecule has 1 aliphatic heterocycles. The molecule has 4 nitrogen and oxygen atoms in total. The molecule has 0 aliphatic carbocycles. The van der Waals surface area contributed by atoms with Crippen molar-refractivity contribution in [3.8, 4) is 0 Å². The van der Waals surface area contributed by atoms with Crippen LogP contribution in [-0.2, 0) is 16.1 Å².